The predicted molar refractivity (Wildman–Crippen MR) is 70.0 cm³/mol. The Bertz CT molecular complexity index is 554. The van der Waals surface area contributed by atoms with Crippen LogP contribution in [0.25, 0.3) is 10.9 Å². The van der Waals surface area contributed by atoms with E-state index in [4.69, 9.17) is 4.74 Å². The van der Waals surface area contributed by atoms with Crippen LogP contribution in [0.5, 0.6) is 5.75 Å². The summed E-state index contributed by atoms with van der Waals surface area (Å²) in [7, 11) is 0. The molecule has 3 nitrogen and oxygen atoms in total. The van der Waals surface area contributed by atoms with Crippen molar-refractivity contribution in [2.45, 2.75) is 19.8 Å². The predicted octanol–water partition coefficient (Wildman–Crippen LogP) is 3.70. The Morgan fingerprint density at radius 2 is 2.29 bits per heavy atom. The van der Waals surface area contributed by atoms with Crippen molar-refractivity contribution in [2.75, 3.05) is 0 Å². The highest BCUT2D eigenvalue weighted by Gasteiger charge is 2.06. The van der Waals surface area contributed by atoms with Crippen LogP contribution in [0.4, 0.5) is 0 Å². The molecule has 0 aliphatic carbocycles. The van der Waals surface area contributed by atoms with Gasteiger partial charge in [-0.2, -0.15) is 0 Å². The lowest BCUT2D eigenvalue weighted by Crippen LogP contribution is -2.06. The summed E-state index contributed by atoms with van der Waals surface area (Å²) in [6.45, 7) is 1.94. The molecule has 0 saturated carbocycles. The number of carbonyl (C=O) groups is 1. The number of para-hydroxylation sites is 1. The fourth-order valence-electron chi connectivity index (χ4n) is 1.55. The van der Waals surface area contributed by atoms with E-state index in [0.717, 1.165) is 21.8 Å². The van der Waals surface area contributed by atoms with Crippen LogP contribution >= 0.6 is 15.9 Å². The molecule has 0 radical (unpaired) electrons. The zero-order chi connectivity index (χ0) is 12.3. The van der Waals surface area contributed by atoms with E-state index in [2.05, 4.69) is 20.9 Å². The average Bonchev–Trinajstić information content (AvgIpc) is 2.29. The number of hydrogen-bond donors (Lipinski definition) is 0. The highest BCUT2D eigenvalue weighted by Crippen LogP contribution is 2.24. The van der Waals surface area contributed by atoms with Crippen molar-refractivity contribution < 1.29 is 9.53 Å². The maximum atomic E-state index is 11.4. The first-order chi connectivity index (χ1) is 8.20. The van der Waals surface area contributed by atoms with Gasteiger partial charge in [0.2, 0.25) is 0 Å². The summed E-state index contributed by atoms with van der Waals surface area (Å²) in [6.07, 6.45) is 2.78. The summed E-state index contributed by atoms with van der Waals surface area (Å²) in [5, 5.41) is 0.946. The van der Waals surface area contributed by atoms with Gasteiger partial charge < -0.3 is 4.74 Å². The third-order valence-electron chi connectivity index (χ3n) is 2.32. The van der Waals surface area contributed by atoms with E-state index >= 15 is 0 Å². The minimum atomic E-state index is -0.219. The zero-order valence-corrected chi connectivity index (χ0v) is 11.0. The van der Waals surface area contributed by atoms with Crippen molar-refractivity contribution in [1.82, 2.24) is 4.98 Å². The Morgan fingerprint density at radius 1 is 1.47 bits per heavy atom. The molecule has 4 heteroatoms. The van der Waals surface area contributed by atoms with Gasteiger partial charge in [0.15, 0.2) is 0 Å². The van der Waals surface area contributed by atoms with Gasteiger partial charge in [0.1, 0.15) is 5.75 Å². The fourth-order valence-corrected chi connectivity index (χ4v) is 2.03. The van der Waals surface area contributed by atoms with Gasteiger partial charge in [0.25, 0.3) is 0 Å². The molecule has 0 amide bonds. The Morgan fingerprint density at radius 3 is 3.06 bits per heavy atom. The zero-order valence-electron chi connectivity index (χ0n) is 9.44. The smallest absolute Gasteiger partial charge is 0.311 e. The molecule has 0 unspecified atom stereocenters. The van der Waals surface area contributed by atoms with Crippen LogP contribution in [-0.2, 0) is 4.79 Å². The molecule has 1 aromatic heterocycles. The molecule has 17 heavy (non-hydrogen) atoms. The summed E-state index contributed by atoms with van der Waals surface area (Å²) >= 11 is 3.43. The second kappa shape index (κ2) is 5.27. The van der Waals surface area contributed by atoms with Crippen molar-refractivity contribution in [1.29, 1.82) is 0 Å². The first-order valence-electron chi connectivity index (χ1n) is 5.45. The molecule has 88 valence electrons. The molecule has 0 aliphatic rings. The Hall–Kier alpha value is -1.42. The van der Waals surface area contributed by atoms with Gasteiger partial charge in [-0.3, -0.25) is 9.78 Å². The lowest BCUT2D eigenvalue weighted by atomic mass is 10.2. The van der Waals surface area contributed by atoms with Crippen molar-refractivity contribution in [3.8, 4) is 5.75 Å². The number of hydrogen-bond acceptors (Lipinski definition) is 3. The van der Waals surface area contributed by atoms with Gasteiger partial charge >= 0.3 is 5.97 Å². The van der Waals surface area contributed by atoms with Crippen LogP contribution in [0.1, 0.15) is 19.8 Å². The summed E-state index contributed by atoms with van der Waals surface area (Å²) in [6, 6.07) is 7.61. The van der Waals surface area contributed by atoms with E-state index in [-0.39, 0.29) is 5.97 Å². The quantitative estimate of drug-likeness (QED) is 0.810. The largest absolute Gasteiger partial charge is 0.425 e. The lowest BCUT2D eigenvalue weighted by Gasteiger charge is -2.05. The third-order valence-corrected chi connectivity index (χ3v) is 2.96. The standard InChI is InChI=1S/C13H12BrNO2/c1-2-4-12(16)17-10-7-9-5-3-6-11(14)13(9)15-8-10/h3,5-8H,2,4H2,1H3. The number of aromatic nitrogens is 1. The van der Waals surface area contributed by atoms with E-state index < -0.39 is 0 Å². The highest BCUT2D eigenvalue weighted by molar-refractivity contribution is 9.10. The van der Waals surface area contributed by atoms with Crippen molar-refractivity contribution in [2.24, 2.45) is 0 Å². The second-order valence-electron chi connectivity index (χ2n) is 3.71. The Kier molecular flexibility index (Phi) is 3.74. The van der Waals surface area contributed by atoms with Crippen LogP contribution < -0.4 is 4.74 Å². The number of benzene rings is 1. The first kappa shape index (κ1) is 12.0. The van der Waals surface area contributed by atoms with Crippen LogP contribution in [0.2, 0.25) is 0 Å². The minimum Gasteiger partial charge on any atom is -0.425 e. The lowest BCUT2D eigenvalue weighted by molar-refractivity contribution is -0.134. The molecular formula is C13H12BrNO2. The molecule has 0 saturated heterocycles. The van der Waals surface area contributed by atoms with Gasteiger partial charge in [-0.15, -0.1) is 0 Å². The third kappa shape index (κ3) is 2.82. The van der Waals surface area contributed by atoms with E-state index in [1.807, 2.05) is 31.2 Å². The molecule has 0 atom stereocenters. The summed E-state index contributed by atoms with van der Waals surface area (Å²) in [4.78, 5) is 15.6. The molecule has 0 aliphatic heterocycles. The number of rotatable bonds is 3. The summed E-state index contributed by atoms with van der Waals surface area (Å²) in [5.74, 6) is 0.276. The monoisotopic (exact) mass is 293 g/mol. The van der Waals surface area contributed by atoms with E-state index in [9.17, 15) is 4.79 Å². The first-order valence-corrected chi connectivity index (χ1v) is 6.25. The number of halogens is 1. The van der Waals surface area contributed by atoms with Gasteiger partial charge in [-0.25, -0.2) is 0 Å². The second-order valence-corrected chi connectivity index (χ2v) is 4.56. The molecule has 0 fully saturated rings. The summed E-state index contributed by atoms with van der Waals surface area (Å²) in [5.41, 5.74) is 0.864. The molecule has 0 bridgehead atoms. The van der Waals surface area contributed by atoms with E-state index in [1.165, 1.54) is 0 Å². The number of nitrogens with zero attached hydrogens (tertiary/aromatic N) is 1. The van der Waals surface area contributed by atoms with Crippen molar-refractivity contribution in [3.05, 3.63) is 34.9 Å². The van der Waals surface area contributed by atoms with Crippen LogP contribution in [0.3, 0.4) is 0 Å². The number of fused-ring (bicyclic) bond motifs is 1. The molecule has 0 spiro atoms. The van der Waals surface area contributed by atoms with E-state index in [1.54, 1.807) is 6.20 Å². The van der Waals surface area contributed by atoms with Gasteiger partial charge in [-0.1, -0.05) is 19.1 Å². The van der Waals surface area contributed by atoms with Crippen LogP contribution in [0, 0.1) is 0 Å². The van der Waals surface area contributed by atoms with Gasteiger partial charge in [0, 0.05) is 16.3 Å². The summed E-state index contributed by atoms with van der Waals surface area (Å²) < 4.78 is 6.12. The van der Waals surface area contributed by atoms with Gasteiger partial charge in [0.05, 0.1) is 11.7 Å². The van der Waals surface area contributed by atoms with Crippen molar-refractivity contribution >= 4 is 32.8 Å². The number of esters is 1. The molecule has 2 rings (SSSR count). The number of ether oxygens (including phenoxy) is 1. The maximum Gasteiger partial charge on any atom is 0.311 e. The maximum absolute atomic E-state index is 11.4. The van der Waals surface area contributed by atoms with Crippen LogP contribution in [0.15, 0.2) is 34.9 Å². The Labute approximate surface area is 108 Å². The SMILES string of the molecule is CCCC(=O)Oc1cnc2c(Br)cccc2c1. The normalized spacial score (nSPS) is 10.5. The molecule has 1 heterocycles. The molecule has 0 N–H and O–H groups in total. The number of pyridine rings is 1. The molecule has 2 aromatic rings. The van der Waals surface area contributed by atoms with Crippen LogP contribution in [-0.4, -0.2) is 11.0 Å². The molecule has 1 aromatic carbocycles. The average molecular weight is 294 g/mol. The topological polar surface area (TPSA) is 39.2 Å². The number of carbonyl (C=O) groups excluding carboxylic acids is 1. The minimum absolute atomic E-state index is 0.219. The van der Waals surface area contributed by atoms with E-state index in [0.29, 0.717) is 12.2 Å². The Balaban J connectivity index is 2.29. The highest BCUT2D eigenvalue weighted by atomic mass is 79.9. The molecular weight excluding hydrogens is 282 g/mol. The fraction of sp³-hybridized carbons (Fsp3) is 0.231. The van der Waals surface area contributed by atoms with Crippen molar-refractivity contribution in [3.63, 3.8) is 0 Å². The van der Waals surface area contributed by atoms with Gasteiger partial charge in [-0.05, 0) is 34.5 Å².